The summed E-state index contributed by atoms with van der Waals surface area (Å²) < 4.78 is 36.3. The summed E-state index contributed by atoms with van der Waals surface area (Å²) in [5.74, 6) is -1.16. The number of esters is 1. The van der Waals surface area contributed by atoms with Crippen LogP contribution in [0.5, 0.6) is 0 Å². The highest BCUT2D eigenvalue weighted by Crippen LogP contribution is 2.29. The van der Waals surface area contributed by atoms with Crippen LogP contribution in [0.2, 0.25) is 0 Å². The molecule has 0 aliphatic carbocycles. The van der Waals surface area contributed by atoms with E-state index in [1.54, 1.807) is 13.8 Å². The van der Waals surface area contributed by atoms with Crippen LogP contribution in [0.1, 0.15) is 30.8 Å². The van der Waals surface area contributed by atoms with Crippen LogP contribution in [0.3, 0.4) is 0 Å². The molecule has 9 heteroatoms. The maximum absolute atomic E-state index is 12.7. The first-order valence-corrected chi connectivity index (χ1v) is 8.10. The van der Waals surface area contributed by atoms with Gasteiger partial charge in [0.25, 0.3) is 10.0 Å². The molecule has 1 aliphatic rings. The minimum atomic E-state index is -3.97. The van der Waals surface area contributed by atoms with Crippen molar-refractivity contribution in [1.29, 1.82) is 0 Å². The zero-order valence-electron chi connectivity index (χ0n) is 12.6. The standard InChI is InChI=1S/C13H18N2O6S/c1-13(2)8-10(16)14-6-7-15(13)22(18,19)11-5-4-9(21-11)12(17)20-3/h4-5H,6-8H2,1-3H3,(H,14,16). The second-order valence-electron chi connectivity index (χ2n) is 5.53. The molecule has 1 N–H and O–H groups in total. The molecule has 0 spiro atoms. The van der Waals surface area contributed by atoms with Gasteiger partial charge in [0, 0.05) is 25.0 Å². The predicted octanol–water partition coefficient (Wildman–Crippen LogP) is 0.355. The normalized spacial score (nSPS) is 19.3. The lowest BCUT2D eigenvalue weighted by Gasteiger charge is -2.33. The van der Waals surface area contributed by atoms with Gasteiger partial charge >= 0.3 is 5.97 Å². The molecule has 2 rings (SSSR count). The molecular weight excluding hydrogens is 312 g/mol. The molecule has 0 unspecified atom stereocenters. The number of ether oxygens (including phenoxy) is 1. The Morgan fingerprint density at radius 3 is 2.73 bits per heavy atom. The lowest BCUT2D eigenvalue weighted by atomic mass is 10.0. The predicted molar refractivity (Wildman–Crippen MR) is 75.6 cm³/mol. The van der Waals surface area contributed by atoms with Gasteiger partial charge in [0.2, 0.25) is 16.8 Å². The molecule has 0 bridgehead atoms. The quantitative estimate of drug-likeness (QED) is 0.802. The van der Waals surface area contributed by atoms with Crippen LogP contribution < -0.4 is 5.32 Å². The fourth-order valence-corrected chi connectivity index (χ4v) is 4.07. The molecular formula is C13H18N2O6S. The number of carbonyl (C=O) groups is 2. The molecule has 0 saturated carbocycles. The Labute approximate surface area is 128 Å². The molecule has 122 valence electrons. The van der Waals surface area contributed by atoms with Crippen molar-refractivity contribution in [2.75, 3.05) is 20.2 Å². The van der Waals surface area contributed by atoms with Gasteiger partial charge in [0.15, 0.2) is 0 Å². The van der Waals surface area contributed by atoms with Gasteiger partial charge in [-0.05, 0) is 26.0 Å². The van der Waals surface area contributed by atoms with Crippen LogP contribution >= 0.6 is 0 Å². The fraction of sp³-hybridized carbons (Fsp3) is 0.538. The number of furan rings is 1. The molecule has 1 saturated heterocycles. The van der Waals surface area contributed by atoms with Crippen molar-refractivity contribution < 1.29 is 27.2 Å². The first-order valence-electron chi connectivity index (χ1n) is 6.66. The van der Waals surface area contributed by atoms with Crippen LogP contribution in [0.15, 0.2) is 21.6 Å². The van der Waals surface area contributed by atoms with Crippen LogP contribution in [0, 0.1) is 0 Å². The van der Waals surface area contributed by atoms with Gasteiger partial charge in [-0.2, -0.15) is 4.31 Å². The number of nitrogens with one attached hydrogen (secondary N) is 1. The summed E-state index contributed by atoms with van der Waals surface area (Å²) in [7, 11) is -2.80. The molecule has 0 atom stereocenters. The van der Waals surface area contributed by atoms with Crippen LogP contribution in [0.25, 0.3) is 0 Å². The zero-order valence-corrected chi connectivity index (χ0v) is 13.4. The van der Waals surface area contributed by atoms with E-state index < -0.39 is 21.5 Å². The number of amides is 1. The summed E-state index contributed by atoms with van der Waals surface area (Å²) >= 11 is 0. The first kappa shape index (κ1) is 16.5. The Balaban J connectivity index is 2.38. The minimum absolute atomic E-state index is 0.0385. The van der Waals surface area contributed by atoms with Crippen molar-refractivity contribution in [2.45, 2.75) is 30.9 Å². The summed E-state index contributed by atoms with van der Waals surface area (Å²) in [5.41, 5.74) is -0.905. The molecule has 0 aromatic carbocycles. The molecule has 8 nitrogen and oxygen atoms in total. The van der Waals surface area contributed by atoms with E-state index in [1.165, 1.54) is 23.5 Å². The van der Waals surface area contributed by atoms with Crippen molar-refractivity contribution in [3.63, 3.8) is 0 Å². The van der Waals surface area contributed by atoms with Crippen molar-refractivity contribution in [1.82, 2.24) is 9.62 Å². The molecule has 1 aromatic heterocycles. The Morgan fingerprint density at radius 1 is 1.41 bits per heavy atom. The summed E-state index contributed by atoms with van der Waals surface area (Å²) in [6.45, 7) is 3.67. The largest absolute Gasteiger partial charge is 0.463 e. The van der Waals surface area contributed by atoms with E-state index in [-0.39, 0.29) is 36.3 Å². The Morgan fingerprint density at radius 2 is 2.09 bits per heavy atom. The molecule has 1 amide bonds. The van der Waals surface area contributed by atoms with E-state index in [0.29, 0.717) is 0 Å². The van der Waals surface area contributed by atoms with Gasteiger partial charge in [-0.1, -0.05) is 0 Å². The summed E-state index contributed by atoms with van der Waals surface area (Å²) in [4.78, 5) is 23.0. The number of sulfonamides is 1. The van der Waals surface area contributed by atoms with Gasteiger partial charge in [-0.25, -0.2) is 13.2 Å². The van der Waals surface area contributed by atoms with Crippen molar-refractivity contribution in [3.05, 3.63) is 17.9 Å². The highest BCUT2D eigenvalue weighted by Gasteiger charge is 2.41. The number of hydrogen-bond donors (Lipinski definition) is 1. The SMILES string of the molecule is COC(=O)c1ccc(S(=O)(=O)N2CCNC(=O)CC2(C)C)o1. The van der Waals surface area contributed by atoms with E-state index >= 15 is 0 Å². The number of carbonyl (C=O) groups excluding carboxylic acids is 2. The third kappa shape index (κ3) is 3.00. The average molecular weight is 330 g/mol. The van der Waals surface area contributed by atoms with Crippen LogP contribution in [0.4, 0.5) is 0 Å². The Bertz CT molecular complexity index is 691. The lowest BCUT2D eigenvalue weighted by Crippen LogP contribution is -2.48. The summed E-state index contributed by atoms with van der Waals surface area (Å²) in [5, 5.41) is 2.28. The van der Waals surface area contributed by atoms with E-state index in [2.05, 4.69) is 10.1 Å². The van der Waals surface area contributed by atoms with Crippen LogP contribution in [-0.2, 0) is 19.6 Å². The maximum atomic E-state index is 12.7. The summed E-state index contributed by atoms with van der Waals surface area (Å²) in [6.07, 6.45) is 0.0385. The van der Waals surface area contributed by atoms with Crippen molar-refractivity contribution in [2.24, 2.45) is 0 Å². The maximum Gasteiger partial charge on any atom is 0.374 e. The third-order valence-electron chi connectivity index (χ3n) is 3.42. The Kier molecular flexibility index (Phi) is 4.30. The molecule has 1 aromatic rings. The number of hydrogen-bond acceptors (Lipinski definition) is 6. The topological polar surface area (TPSA) is 106 Å². The molecule has 1 fully saturated rings. The monoisotopic (exact) mass is 330 g/mol. The van der Waals surface area contributed by atoms with Crippen molar-refractivity contribution in [3.8, 4) is 0 Å². The molecule has 0 radical (unpaired) electrons. The Hall–Kier alpha value is -1.87. The van der Waals surface area contributed by atoms with Gasteiger partial charge in [-0.3, -0.25) is 4.79 Å². The molecule has 2 heterocycles. The number of nitrogens with zero attached hydrogens (tertiary/aromatic N) is 1. The highest BCUT2D eigenvalue weighted by molar-refractivity contribution is 7.89. The lowest BCUT2D eigenvalue weighted by molar-refractivity contribution is -0.121. The number of rotatable bonds is 3. The summed E-state index contributed by atoms with van der Waals surface area (Å²) in [6, 6.07) is 2.45. The van der Waals surface area contributed by atoms with Gasteiger partial charge in [0.05, 0.1) is 7.11 Å². The second kappa shape index (κ2) is 5.73. The fourth-order valence-electron chi connectivity index (χ4n) is 2.37. The third-order valence-corrected chi connectivity index (χ3v) is 5.40. The molecule has 22 heavy (non-hydrogen) atoms. The average Bonchev–Trinajstić information content (AvgIpc) is 2.87. The van der Waals surface area contributed by atoms with E-state index in [4.69, 9.17) is 4.42 Å². The highest BCUT2D eigenvalue weighted by atomic mass is 32.2. The minimum Gasteiger partial charge on any atom is -0.463 e. The van der Waals surface area contributed by atoms with E-state index in [9.17, 15) is 18.0 Å². The molecule has 1 aliphatic heterocycles. The van der Waals surface area contributed by atoms with Gasteiger partial charge in [0.1, 0.15) is 0 Å². The van der Waals surface area contributed by atoms with Crippen LogP contribution in [-0.4, -0.2) is 50.3 Å². The van der Waals surface area contributed by atoms with E-state index in [1.807, 2.05) is 0 Å². The van der Waals surface area contributed by atoms with Crippen molar-refractivity contribution >= 4 is 21.9 Å². The smallest absolute Gasteiger partial charge is 0.374 e. The van der Waals surface area contributed by atoms with Gasteiger partial charge < -0.3 is 14.5 Å². The first-order chi connectivity index (χ1) is 10.2. The van der Waals surface area contributed by atoms with E-state index in [0.717, 1.165) is 0 Å². The number of methoxy groups -OCH3 is 1. The van der Waals surface area contributed by atoms with Gasteiger partial charge in [-0.15, -0.1) is 0 Å². The second-order valence-corrected chi connectivity index (χ2v) is 7.32. The zero-order chi connectivity index (χ0) is 16.5.